The van der Waals surface area contributed by atoms with Crippen LogP contribution >= 0.6 is 0 Å². The van der Waals surface area contributed by atoms with Crippen molar-refractivity contribution in [3.05, 3.63) is 42.0 Å². The second kappa shape index (κ2) is 7.06. The van der Waals surface area contributed by atoms with Crippen molar-refractivity contribution in [2.75, 3.05) is 6.61 Å². The van der Waals surface area contributed by atoms with E-state index < -0.39 is 16.1 Å². The van der Waals surface area contributed by atoms with Gasteiger partial charge in [-0.15, -0.1) is 0 Å². The Kier molecular flexibility index (Phi) is 5.72. The molecule has 0 saturated heterocycles. The predicted octanol–water partition coefficient (Wildman–Crippen LogP) is 2.12. The number of hydrogen-bond acceptors (Lipinski definition) is 4. The summed E-state index contributed by atoms with van der Waals surface area (Å²) in [5.41, 5.74) is 0.968. The Morgan fingerprint density at radius 3 is 2.47 bits per heavy atom. The van der Waals surface area contributed by atoms with Gasteiger partial charge in [0.25, 0.3) is 10.1 Å². The van der Waals surface area contributed by atoms with Crippen LogP contribution in [0.2, 0.25) is 0 Å². The summed E-state index contributed by atoms with van der Waals surface area (Å²) in [5.74, 6) is -0.926. The molecule has 5 nitrogen and oxygen atoms in total. The SMILES string of the molecule is Cc1ccc(S(=O)(=O)OCCC=CCC(=O)O)cc1. The monoisotopic (exact) mass is 284 g/mol. The molecular weight excluding hydrogens is 268 g/mol. The van der Waals surface area contributed by atoms with Crippen molar-refractivity contribution in [3.8, 4) is 0 Å². The minimum atomic E-state index is -3.73. The van der Waals surface area contributed by atoms with Crippen molar-refractivity contribution in [2.45, 2.75) is 24.7 Å². The fourth-order valence-electron chi connectivity index (χ4n) is 1.30. The summed E-state index contributed by atoms with van der Waals surface area (Å²) in [6.45, 7) is 1.86. The van der Waals surface area contributed by atoms with E-state index in [2.05, 4.69) is 0 Å². The average Bonchev–Trinajstić information content (AvgIpc) is 2.34. The molecule has 0 aliphatic carbocycles. The van der Waals surface area contributed by atoms with Crippen LogP contribution in [0.15, 0.2) is 41.3 Å². The summed E-state index contributed by atoms with van der Waals surface area (Å²) < 4.78 is 28.3. The average molecular weight is 284 g/mol. The molecule has 1 N–H and O–H groups in total. The summed E-state index contributed by atoms with van der Waals surface area (Å²) in [6, 6.07) is 6.38. The Balaban J connectivity index is 2.46. The van der Waals surface area contributed by atoms with Gasteiger partial charge < -0.3 is 5.11 Å². The lowest BCUT2D eigenvalue weighted by Crippen LogP contribution is -2.07. The van der Waals surface area contributed by atoms with Crippen LogP contribution < -0.4 is 0 Å². The summed E-state index contributed by atoms with van der Waals surface area (Å²) in [4.78, 5) is 10.3. The van der Waals surface area contributed by atoms with Crippen LogP contribution in [0.25, 0.3) is 0 Å². The van der Waals surface area contributed by atoms with Crippen LogP contribution in [-0.2, 0) is 19.1 Å². The highest BCUT2D eigenvalue weighted by molar-refractivity contribution is 7.86. The van der Waals surface area contributed by atoms with Crippen molar-refractivity contribution < 1.29 is 22.5 Å². The molecule has 1 rings (SSSR count). The number of rotatable bonds is 7. The normalized spacial score (nSPS) is 11.8. The molecular formula is C13H16O5S. The molecule has 1 aromatic rings. The molecule has 0 unspecified atom stereocenters. The third-order valence-corrected chi connectivity index (χ3v) is 3.62. The van der Waals surface area contributed by atoms with Gasteiger partial charge in [0.05, 0.1) is 17.9 Å². The van der Waals surface area contributed by atoms with Gasteiger partial charge in [-0.05, 0) is 25.5 Å². The van der Waals surface area contributed by atoms with E-state index in [1.165, 1.54) is 18.2 Å². The van der Waals surface area contributed by atoms with Gasteiger partial charge in [0, 0.05) is 0 Å². The lowest BCUT2D eigenvalue weighted by atomic mass is 10.2. The number of carboxylic acid groups (broad SMARTS) is 1. The smallest absolute Gasteiger partial charge is 0.307 e. The molecule has 0 radical (unpaired) electrons. The van der Waals surface area contributed by atoms with Crippen LogP contribution in [0.4, 0.5) is 0 Å². The zero-order valence-corrected chi connectivity index (χ0v) is 11.4. The first-order valence-electron chi connectivity index (χ1n) is 5.75. The number of aryl methyl sites for hydroxylation is 1. The van der Waals surface area contributed by atoms with Gasteiger partial charge in [0.2, 0.25) is 0 Å². The Bertz CT molecular complexity index is 543. The summed E-state index contributed by atoms with van der Waals surface area (Å²) in [7, 11) is -3.73. The Morgan fingerprint density at radius 2 is 1.89 bits per heavy atom. The van der Waals surface area contributed by atoms with E-state index >= 15 is 0 Å². The lowest BCUT2D eigenvalue weighted by Gasteiger charge is -2.04. The Hall–Kier alpha value is -1.66. The molecule has 0 amide bonds. The topological polar surface area (TPSA) is 80.7 Å². The Labute approximate surface area is 112 Å². The maximum Gasteiger partial charge on any atom is 0.307 e. The van der Waals surface area contributed by atoms with E-state index in [0.29, 0.717) is 6.42 Å². The maximum absolute atomic E-state index is 11.7. The molecule has 0 aliphatic rings. The second-order valence-corrected chi connectivity index (χ2v) is 5.56. The zero-order valence-electron chi connectivity index (χ0n) is 10.6. The van der Waals surface area contributed by atoms with Gasteiger partial charge in [0.15, 0.2) is 0 Å². The number of carboxylic acids is 1. The Morgan fingerprint density at radius 1 is 1.26 bits per heavy atom. The van der Waals surface area contributed by atoms with Crippen LogP contribution in [0, 0.1) is 6.92 Å². The minimum Gasteiger partial charge on any atom is -0.481 e. The molecule has 0 bridgehead atoms. The van der Waals surface area contributed by atoms with Crippen LogP contribution in [0.5, 0.6) is 0 Å². The largest absolute Gasteiger partial charge is 0.481 e. The van der Waals surface area contributed by atoms with Crippen molar-refractivity contribution in [1.82, 2.24) is 0 Å². The quantitative estimate of drug-likeness (QED) is 0.471. The van der Waals surface area contributed by atoms with Crippen molar-refractivity contribution in [3.63, 3.8) is 0 Å². The molecule has 0 spiro atoms. The van der Waals surface area contributed by atoms with Crippen molar-refractivity contribution in [1.29, 1.82) is 0 Å². The van der Waals surface area contributed by atoms with Crippen LogP contribution in [0.1, 0.15) is 18.4 Å². The molecule has 0 saturated carbocycles. The molecule has 0 atom stereocenters. The van der Waals surface area contributed by atoms with Crippen LogP contribution in [0.3, 0.4) is 0 Å². The first kappa shape index (κ1) is 15.4. The molecule has 0 aliphatic heterocycles. The summed E-state index contributed by atoms with van der Waals surface area (Å²) in [6.07, 6.45) is 3.31. The molecule has 19 heavy (non-hydrogen) atoms. The molecule has 1 aromatic carbocycles. The maximum atomic E-state index is 11.7. The van der Waals surface area contributed by atoms with E-state index in [0.717, 1.165) is 5.56 Å². The standard InChI is InChI=1S/C13H16O5S/c1-11-6-8-12(9-7-11)19(16,17)18-10-4-2-3-5-13(14)15/h2-3,6-9H,4-5,10H2,1H3,(H,14,15). The second-order valence-electron chi connectivity index (χ2n) is 3.95. The van der Waals surface area contributed by atoms with E-state index in [-0.39, 0.29) is 17.9 Å². The lowest BCUT2D eigenvalue weighted by molar-refractivity contribution is -0.136. The highest BCUT2D eigenvalue weighted by atomic mass is 32.2. The zero-order chi connectivity index (χ0) is 14.3. The van der Waals surface area contributed by atoms with Gasteiger partial charge in [-0.25, -0.2) is 0 Å². The van der Waals surface area contributed by atoms with E-state index in [1.807, 2.05) is 6.92 Å². The molecule has 6 heteroatoms. The van der Waals surface area contributed by atoms with Crippen molar-refractivity contribution in [2.24, 2.45) is 0 Å². The molecule has 0 heterocycles. The number of carbonyl (C=O) groups is 1. The van der Waals surface area contributed by atoms with Gasteiger partial charge in [-0.2, -0.15) is 8.42 Å². The first-order valence-corrected chi connectivity index (χ1v) is 7.15. The fourth-order valence-corrected chi connectivity index (χ4v) is 2.22. The summed E-state index contributed by atoms with van der Waals surface area (Å²) in [5, 5.41) is 8.39. The molecule has 104 valence electrons. The number of benzene rings is 1. The summed E-state index contributed by atoms with van der Waals surface area (Å²) >= 11 is 0. The van der Waals surface area contributed by atoms with Gasteiger partial charge in [-0.3, -0.25) is 8.98 Å². The van der Waals surface area contributed by atoms with Gasteiger partial charge in [-0.1, -0.05) is 29.8 Å². The van der Waals surface area contributed by atoms with Crippen molar-refractivity contribution >= 4 is 16.1 Å². The minimum absolute atomic E-state index is 0.00761. The third-order valence-electron chi connectivity index (χ3n) is 2.29. The number of aliphatic carboxylic acids is 1. The molecule has 0 fully saturated rings. The van der Waals surface area contributed by atoms with E-state index in [9.17, 15) is 13.2 Å². The van der Waals surface area contributed by atoms with Crippen LogP contribution in [-0.4, -0.2) is 26.1 Å². The van der Waals surface area contributed by atoms with Gasteiger partial charge >= 0.3 is 5.97 Å². The highest BCUT2D eigenvalue weighted by Crippen LogP contribution is 2.13. The first-order chi connectivity index (χ1) is 8.92. The van der Waals surface area contributed by atoms with E-state index in [4.69, 9.17) is 9.29 Å². The molecule has 0 aromatic heterocycles. The third kappa shape index (κ3) is 5.67. The fraction of sp³-hybridized carbons (Fsp3) is 0.308. The van der Waals surface area contributed by atoms with E-state index in [1.54, 1.807) is 18.2 Å². The number of hydrogen-bond donors (Lipinski definition) is 1. The highest BCUT2D eigenvalue weighted by Gasteiger charge is 2.13. The van der Waals surface area contributed by atoms with Gasteiger partial charge in [0.1, 0.15) is 0 Å². The predicted molar refractivity (Wildman–Crippen MR) is 70.3 cm³/mol.